The number of aromatic nitrogens is 2. The molecule has 0 amide bonds. The van der Waals surface area contributed by atoms with Crippen LogP contribution >= 0.6 is 0 Å². The molecule has 0 radical (unpaired) electrons. The van der Waals surface area contributed by atoms with Crippen LogP contribution in [-0.2, 0) is 10.1 Å². The van der Waals surface area contributed by atoms with Crippen LogP contribution in [0.3, 0.4) is 0 Å². The van der Waals surface area contributed by atoms with Gasteiger partial charge in [-0.15, -0.1) is 0 Å². The lowest BCUT2D eigenvalue weighted by Gasteiger charge is -2.11. The molecule has 0 aliphatic heterocycles. The van der Waals surface area contributed by atoms with Crippen molar-refractivity contribution >= 4 is 32.4 Å². The van der Waals surface area contributed by atoms with E-state index in [1.54, 1.807) is 12.1 Å². The number of benzene rings is 2. The molecule has 0 atom stereocenters. The standard InChI is InChI=1S/C14H11N3O3S/c18-21(19,20)14-8-4-3-7-12(14)16-13-9-15-17-11-6-2-1-5-10(11)13/h1-9H,(H,16,17)(H,18,19,20). The van der Waals surface area contributed by atoms with Crippen LogP contribution in [0.4, 0.5) is 11.4 Å². The molecule has 0 spiro atoms. The Morgan fingerprint density at radius 3 is 2.48 bits per heavy atom. The number of anilines is 2. The molecule has 0 saturated carbocycles. The molecule has 0 saturated heterocycles. The van der Waals surface area contributed by atoms with E-state index < -0.39 is 10.1 Å². The topological polar surface area (TPSA) is 92.2 Å². The molecule has 7 heteroatoms. The lowest BCUT2D eigenvalue weighted by Crippen LogP contribution is -2.03. The molecule has 1 heterocycles. The number of rotatable bonds is 3. The van der Waals surface area contributed by atoms with E-state index in [9.17, 15) is 13.0 Å². The first-order valence-corrected chi connectivity index (χ1v) is 7.54. The van der Waals surface area contributed by atoms with Crippen LogP contribution in [0.15, 0.2) is 59.6 Å². The van der Waals surface area contributed by atoms with E-state index >= 15 is 0 Å². The van der Waals surface area contributed by atoms with Crippen LogP contribution < -0.4 is 5.32 Å². The summed E-state index contributed by atoms with van der Waals surface area (Å²) in [5.41, 5.74) is 1.57. The first kappa shape index (κ1) is 13.5. The highest BCUT2D eigenvalue weighted by Crippen LogP contribution is 2.28. The van der Waals surface area contributed by atoms with Gasteiger partial charge in [-0.1, -0.05) is 30.3 Å². The van der Waals surface area contributed by atoms with Crippen LogP contribution in [0.5, 0.6) is 0 Å². The molecule has 0 aliphatic carbocycles. The lowest BCUT2D eigenvalue weighted by molar-refractivity contribution is 0.483. The summed E-state index contributed by atoms with van der Waals surface area (Å²) in [5.74, 6) is 0. The van der Waals surface area contributed by atoms with E-state index in [2.05, 4.69) is 15.5 Å². The fraction of sp³-hybridized carbons (Fsp3) is 0. The highest BCUT2D eigenvalue weighted by molar-refractivity contribution is 7.86. The second kappa shape index (κ2) is 5.12. The molecular formula is C14H11N3O3S. The average Bonchev–Trinajstić information content (AvgIpc) is 2.47. The predicted octanol–water partition coefficient (Wildman–Crippen LogP) is 2.62. The highest BCUT2D eigenvalue weighted by atomic mass is 32.2. The molecule has 6 nitrogen and oxygen atoms in total. The van der Waals surface area contributed by atoms with Crippen LogP contribution in [-0.4, -0.2) is 23.2 Å². The first-order chi connectivity index (χ1) is 10.1. The third-order valence-corrected chi connectivity index (χ3v) is 3.89. The summed E-state index contributed by atoms with van der Waals surface area (Å²) in [6, 6.07) is 13.5. The predicted molar refractivity (Wildman–Crippen MR) is 79.1 cm³/mol. The molecular weight excluding hydrogens is 290 g/mol. The maximum atomic E-state index is 11.4. The van der Waals surface area contributed by atoms with Crippen molar-refractivity contribution in [3.05, 3.63) is 54.7 Å². The SMILES string of the molecule is O=S(=O)(O)c1ccccc1Nc1cnnc2ccccc12. The number of hydrogen-bond acceptors (Lipinski definition) is 5. The van der Waals surface area contributed by atoms with E-state index in [0.717, 1.165) is 5.39 Å². The maximum absolute atomic E-state index is 11.4. The molecule has 0 fully saturated rings. The van der Waals surface area contributed by atoms with Gasteiger partial charge in [-0.05, 0) is 18.2 Å². The summed E-state index contributed by atoms with van der Waals surface area (Å²) in [5, 5.41) is 11.7. The van der Waals surface area contributed by atoms with E-state index in [0.29, 0.717) is 11.2 Å². The van der Waals surface area contributed by atoms with Gasteiger partial charge in [0.1, 0.15) is 4.90 Å². The molecule has 2 aromatic carbocycles. The summed E-state index contributed by atoms with van der Waals surface area (Å²) < 4.78 is 32.1. The number of nitrogens with one attached hydrogen (secondary N) is 1. The number of hydrogen-bond donors (Lipinski definition) is 2. The van der Waals surface area contributed by atoms with Crippen molar-refractivity contribution in [3.63, 3.8) is 0 Å². The molecule has 0 unspecified atom stereocenters. The minimum atomic E-state index is -4.31. The minimum Gasteiger partial charge on any atom is -0.353 e. The summed E-state index contributed by atoms with van der Waals surface area (Å²) >= 11 is 0. The van der Waals surface area contributed by atoms with Gasteiger partial charge in [-0.25, -0.2) is 0 Å². The van der Waals surface area contributed by atoms with Gasteiger partial charge in [0.25, 0.3) is 10.1 Å². The van der Waals surface area contributed by atoms with Gasteiger partial charge < -0.3 is 5.32 Å². The van der Waals surface area contributed by atoms with Crippen molar-refractivity contribution in [2.24, 2.45) is 0 Å². The number of nitrogens with zero attached hydrogens (tertiary/aromatic N) is 2. The van der Waals surface area contributed by atoms with Crippen molar-refractivity contribution in [1.82, 2.24) is 10.2 Å². The normalized spacial score (nSPS) is 11.5. The van der Waals surface area contributed by atoms with Crippen LogP contribution in [0.2, 0.25) is 0 Å². The van der Waals surface area contributed by atoms with E-state index in [-0.39, 0.29) is 10.6 Å². The van der Waals surface area contributed by atoms with Crippen LogP contribution in [0.1, 0.15) is 0 Å². The molecule has 0 bridgehead atoms. The van der Waals surface area contributed by atoms with Gasteiger partial charge in [-0.2, -0.15) is 18.6 Å². The van der Waals surface area contributed by atoms with Gasteiger partial charge >= 0.3 is 0 Å². The summed E-state index contributed by atoms with van der Waals surface area (Å²) in [6.07, 6.45) is 1.50. The average molecular weight is 301 g/mol. The first-order valence-electron chi connectivity index (χ1n) is 6.10. The van der Waals surface area contributed by atoms with Gasteiger partial charge in [0, 0.05) is 5.39 Å². The van der Waals surface area contributed by atoms with E-state index in [4.69, 9.17) is 0 Å². The Morgan fingerprint density at radius 2 is 1.67 bits per heavy atom. The zero-order chi connectivity index (χ0) is 14.9. The van der Waals surface area contributed by atoms with Crippen molar-refractivity contribution in [2.75, 3.05) is 5.32 Å². The molecule has 0 aliphatic rings. The zero-order valence-corrected chi connectivity index (χ0v) is 11.6. The third-order valence-electron chi connectivity index (χ3n) is 2.98. The lowest BCUT2D eigenvalue weighted by atomic mass is 10.2. The Kier molecular flexibility index (Phi) is 3.28. The maximum Gasteiger partial charge on any atom is 0.296 e. The quantitative estimate of drug-likeness (QED) is 0.722. The Hall–Kier alpha value is -2.51. The largest absolute Gasteiger partial charge is 0.353 e. The van der Waals surface area contributed by atoms with Crippen molar-refractivity contribution in [2.45, 2.75) is 4.90 Å². The van der Waals surface area contributed by atoms with E-state index in [1.165, 1.54) is 18.3 Å². The smallest absolute Gasteiger partial charge is 0.296 e. The summed E-state index contributed by atoms with van der Waals surface area (Å²) in [4.78, 5) is -0.189. The van der Waals surface area contributed by atoms with Gasteiger partial charge in [0.15, 0.2) is 0 Å². The molecule has 2 N–H and O–H groups in total. The van der Waals surface area contributed by atoms with Crippen molar-refractivity contribution < 1.29 is 13.0 Å². The third kappa shape index (κ3) is 2.69. The fourth-order valence-electron chi connectivity index (χ4n) is 2.05. The Labute approximate surface area is 121 Å². The van der Waals surface area contributed by atoms with E-state index in [1.807, 2.05) is 24.3 Å². The van der Waals surface area contributed by atoms with Gasteiger partial charge in [-0.3, -0.25) is 4.55 Å². The Morgan fingerprint density at radius 1 is 0.952 bits per heavy atom. The summed E-state index contributed by atoms with van der Waals surface area (Å²) in [6.45, 7) is 0. The molecule has 3 rings (SSSR count). The number of fused-ring (bicyclic) bond motifs is 1. The van der Waals surface area contributed by atoms with Gasteiger partial charge in [0.05, 0.1) is 23.1 Å². The zero-order valence-electron chi connectivity index (χ0n) is 10.8. The van der Waals surface area contributed by atoms with Crippen LogP contribution in [0, 0.1) is 0 Å². The van der Waals surface area contributed by atoms with Crippen LogP contribution in [0.25, 0.3) is 10.9 Å². The van der Waals surface area contributed by atoms with Crippen molar-refractivity contribution in [1.29, 1.82) is 0 Å². The second-order valence-electron chi connectivity index (χ2n) is 4.37. The molecule has 3 aromatic rings. The Balaban J connectivity index is 2.12. The number of para-hydroxylation sites is 1. The summed E-state index contributed by atoms with van der Waals surface area (Å²) in [7, 11) is -4.31. The fourth-order valence-corrected chi connectivity index (χ4v) is 2.69. The molecule has 21 heavy (non-hydrogen) atoms. The monoisotopic (exact) mass is 301 g/mol. The highest BCUT2D eigenvalue weighted by Gasteiger charge is 2.15. The Bertz CT molecular complexity index is 905. The van der Waals surface area contributed by atoms with Gasteiger partial charge in [0.2, 0.25) is 0 Å². The molecule has 1 aromatic heterocycles. The second-order valence-corrected chi connectivity index (χ2v) is 5.76. The molecule has 106 valence electrons. The van der Waals surface area contributed by atoms with Crippen molar-refractivity contribution in [3.8, 4) is 0 Å². The minimum absolute atomic E-state index is 0.189.